The number of carbonyl (C=O) groups is 3. The Kier molecular flexibility index (Phi) is 7.42. The maximum absolute atomic E-state index is 13.7. The Morgan fingerprint density at radius 2 is 1.97 bits per heavy atom. The van der Waals surface area contributed by atoms with Gasteiger partial charge in [0.05, 0.1) is 12.6 Å². The number of amides is 3. The Morgan fingerprint density at radius 1 is 1.18 bits per heavy atom. The predicted octanol–water partition coefficient (Wildman–Crippen LogP) is 3.53. The van der Waals surface area contributed by atoms with Crippen LogP contribution >= 0.6 is 0 Å². The first kappa shape index (κ1) is 23.7. The lowest BCUT2D eigenvalue weighted by Crippen LogP contribution is -2.47. The van der Waals surface area contributed by atoms with Crippen molar-refractivity contribution >= 4 is 23.6 Å². The van der Waals surface area contributed by atoms with E-state index in [1.165, 1.54) is 17.0 Å². The van der Waals surface area contributed by atoms with Crippen molar-refractivity contribution in [3.05, 3.63) is 65.5 Å². The van der Waals surface area contributed by atoms with Crippen LogP contribution in [0, 0.1) is 5.82 Å². The van der Waals surface area contributed by atoms with Gasteiger partial charge in [0.2, 0.25) is 11.8 Å². The summed E-state index contributed by atoms with van der Waals surface area (Å²) in [7, 11) is 0. The molecule has 2 N–H and O–H groups in total. The summed E-state index contributed by atoms with van der Waals surface area (Å²) >= 11 is 0. The number of nitrogens with one attached hydrogen (secondary N) is 2. The van der Waals surface area contributed by atoms with Crippen LogP contribution < -0.4 is 10.6 Å². The van der Waals surface area contributed by atoms with Gasteiger partial charge in [0.25, 0.3) is 0 Å². The van der Waals surface area contributed by atoms with E-state index >= 15 is 0 Å². The van der Waals surface area contributed by atoms with Gasteiger partial charge in [0.1, 0.15) is 5.82 Å². The van der Waals surface area contributed by atoms with E-state index in [0.29, 0.717) is 36.4 Å². The summed E-state index contributed by atoms with van der Waals surface area (Å²) in [5, 5.41) is 5.65. The minimum absolute atomic E-state index is 0.0236. The van der Waals surface area contributed by atoms with Gasteiger partial charge in [-0.2, -0.15) is 0 Å². The molecule has 2 aromatic rings. The first-order chi connectivity index (χ1) is 16.4. The number of hydrogen-bond acceptors (Lipinski definition) is 5. The SMILES string of the molecule is CCC(=O)Nc1ccc(C2OC(=O)N(Cc3cccc(F)c3)C2C(=O)NCC2CCCO2)cc1. The molecular weight excluding hydrogens is 441 g/mol. The van der Waals surface area contributed by atoms with E-state index in [2.05, 4.69) is 10.6 Å². The van der Waals surface area contributed by atoms with E-state index in [1.807, 2.05) is 0 Å². The van der Waals surface area contributed by atoms with E-state index in [0.717, 1.165) is 12.8 Å². The second-order valence-electron chi connectivity index (χ2n) is 8.41. The lowest BCUT2D eigenvalue weighted by Gasteiger charge is -2.25. The van der Waals surface area contributed by atoms with Crippen LogP contribution in [0.2, 0.25) is 0 Å². The third-order valence-electron chi connectivity index (χ3n) is 5.97. The fourth-order valence-electron chi connectivity index (χ4n) is 4.17. The van der Waals surface area contributed by atoms with Gasteiger partial charge < -0.3 is 20.1 Å². The number of cyclic esters (lactones) is 1. The molecule has 2 fully saturated rings. The zero-order chi connectivity index (χ0) is 24.1. The second kappa shape index (κ2) is 10.6. The Bertz CT molecular complexity index is 1040. The topological polar surface area (TPSA) is 97.0 Å². The van der Waals surface area contributed by atoms with Crippen molar-refractivity contribution in [2.45, 2.75) is 51.0 Å². The molecule has 2 aliphatic heterocycles. The molecule has 0 spiro atoms. The molecule has 0 aromatic heterocycles. The van der Waals surface area contributed by atoms with Crippen molar-refractivity contribution in [2.75, 3.05) is 18.5 Å². The molecule has 4 rings (SSSR count). The Labute approximate surface area is 197 Å². The van der Waals surface area contributed by atoms with Crippen LogP contribution in [0.25, 0.3) is 0 Å². The maximum atomic E-state index is 13.7. The molecule has 34 heavy (non-hydrogen) atoms. The highest BCUT2D eigenvalue weighted by Crippen LogP contribution is 2.34. The van der Waals surface area contributed by atoms with Gasteiger partial charge in [-0.1, -0.05) is 31.2 Å². The van der Waals surface area contributed by atoms with Crippen LogP contribution in [-0.4, -0.2) is 48.1 Å². The molecule has 0 bridgehead atoms. The zero-order valence-corrected chi connectivity index (χ0v) is 19.0. The standard InChI is InChI=1S/C25H28FN3O5/c1-2-21(30)28-19-10-8-17(9-11-19)23-22(24(31)27-14-20-7-4-12-33-20)29(25(32)34-23)15-16-5-3-6-18(26)13-16/h3,5-6,8-11,13,20,22-23H,2,4,7,12,14-15H2,1H3,(H,27,31)(H,28,30). The Hall–Kier alpha value is -3.46. The largest absolute Gasteiger partial charge is 0.438 e. The minimum Gasteiger partial charge on any atom is -0.438 e. The number of anilines is 1. The van der Waals surface area contributed by atoms with Gasteiger partial charge in [-0.25, -0.2) is 9.18 Å². The van der Waals surface area contributed by atoms with Crippen molar-refractivity contribution in [2.24, 2.45) is 0 Å². The quantitative estimate of drug-likeness (QED) is 0.617. The highest BCUT2D eigenvalue weighted by atomic mass is 19.1. The smallest absolute Gasteiger partial charge is 0.411 e. The molecule has 180 valence electrons. The monoisotopic (exact) mass is 469 g/mol. The molecule has 0 radical (unpaired) electrons. The predicted molar refractivity (Wildman–Crippen MR) is 122 cm³/mol. The lowest BCUT2D eigenvalue weighted by molar-refractivity contribution is -0.126. The van der Waals surface area contributed by atoms with E-state index < -0.39 is 24.1 Å². The number of carbonyl (C=O) groups excluding carboxylic acids is 3. The summed E-state index contributed by atoms with van der Waals surface area (Å²) in [6.45, 7) is 2.79. The van der Waals surface area contributed by atoms with E-state index in [4.69, 9.17) is 9.47 Å². The molecule has 3 amide bonds. The van der Waals surface area contributed by atoms with Crippen molar-refractivity contribution in [3.63, 3.8) is 0 Å². The van der Waals surface area contributed by atoms with Gasteiger partial charge in [-0.15, -0.1) is 0 Å². The molecule has 0 saturated carbocycles. The van der Waals surface area contributed by atoms with E-state index in [1.54, 1.807) is 43.3 Å². The molecule has 8 nitrogen and oxygen atoms in total. The van der Waals surface area contributed by atoms with Crippen LogP contribution in [0.1, 0.15) is 43.4 Å². The van der Waals surface area contributed by atoms with Crippen LogP contribution in [-0.2, 0) is 25.6 Å². The van der Waals surface area contributed by atoms with Gasteiger partial charge in [0, 0.05) is 25.3 Å². The summed E-state index contributed by atoms with van der Waals surface area (Å²) in [5.74, 6) is -0.912. The van der Waals surface area contributed by atoms with Crippen molar-refractivity contribution in [1.29, 1.82) is 0 Å². The summed E-state index contributed by atoms with van der Waals surface area (Å²) in [5.41, 5.74) is 1.77. The summed E-state index contributed by atoms with van der Waals surface area (Å²) < 4.78 is 24.9. The molecule has 2 heterocycles. The number of ether oxygens (including phenoxy) is 2. The van der Waals surface area contributed by atoms with Gasteiger partial charge >= 0.3 is 6.09 Å². The average Bonchev–Trinajstić information content (AvgIpc) is 3.46. The summed E-state index contributed by atoms with van der Waals surface area (Å²) in [6.07, 6.45) is 0.585. The van der Waals surface area contributed by atoms with Gasteiger partial charge in [-0.3, -0.25) is 14.5 Å². The van der Waals surface area contributed by atoms with Crippen LogP contribution in [0.15, 0.2) is 48.5 Å². The van der Waals surface area contributed by atoms with E-state index in [-0.39, 0.29) is 24.5 Å². The minimum atomic E-state index is -0.951. The Morgan fingerprint density at radius 3 is 2.65 bits per heavy atom. The molecule has 3 unspecified atom stereocenters. The number of nitrogens with zero attached hydrogens (tertiary/aromatic N) is 1. The van der Waals surface area contributed by atoms with Crippen molar-refractivity contribution in [3.8, 4) is 0 Å². The highest BCUT2D eigenvalue weighted by molar-refractivity contribution is 5.91. The number of benzene rings is 2. The van der Waals surface area contributed by atoms with Crippen LogP contribution in [0.4, 0.5) is 14.9 Å². The third-order valence-corrected chi connectivity index (χ3v) is 5.97. The van der Waals surface area contributed by atoms with Crippen molar-refractivity contribution < 1.29 is 28.2 Å². The number of halogens is 1. The van der Waals surface area contributed by atoms with Crippen LogP contribution in [0.3, 0.4) is 0 Å². The molecule has 3 atom stereocenters. The molecule has 0 aliphatic carbocycles. The normalized spacial score (nSPS) is 21.9. The second-order valence-corrected chi connectivity index (χ2v) is 8.41. The highest BCUT2D eigenvalue weighted by Gasteiger charge is 2.47. The summed E-state index contributed by atoms with van der Waals surface area (Å²) in [6, 6.07) is 11.8. The molecular formula is C25H28FN3O5. The Balaban J connectivity index is 1.56. The maximum Gasteiger partial charge on any atom is 0.411 e. The lowest BCUT2D eigenvalue weighted by atomic mass is 10.00. The van der Waals surface area contributed by atoms with E-state index in [9.17, 15) is 18.8 Å². The number of hydrogen-bond donors (Lipinski definition) is 2. The van der Waals surface area contributed by atoms with Gasteiger partial charge in [0.15, 0.2) is 12.1 Å². The van der Waals surface area contributed by atoms with Gasteiger partial charge in [-0.05, 0) is 48.2 Å². The number of rotatable bonds is 8. The molecule has 2 aliphatic rings. The third kappa shape index (κ3) is 5.53. The molecule has 2 aromatic carbocycles. The molecule has 9 heteroatoms. The fourth-order valence-corrected chi connectivity index (χ4v) is 4.17. The van der Waals surface area contributed by atoms with Crippen LogP contribution in [0.5, 0.6) is 0 Å². The average molecular weight is 470 g/mol. The van der Waals surface area contributed by atoms with Crippen molar-refractivity contribution in [1.82, 2.24) is 10.2 Å². The molecule has 2 saturated heterocycles. The first-order valence-corrected chi connectivity index (χ1v) is 11.5. The summed E-state index contributed by atoms with van der Waals surface area (Å²) in [4.78, 5) is 39.1. The fraction of sp³-hybridized carbons (Fsp3) is 0.400. The first-order valence-electron chi connectivity index (χ1n) is 11.5. The zero-order valence-electron chi connectivity index (χ0n) is 19.0.